The number of sulfone groups is 1. The minimum atomic E-state index is -3.45. The van der Waals surface area contributed by atoms with Gasteiger partial charge in [-0.25, -0.2) is 21.1 Å². The predicted molar refractivity (Wildman–Crippen MR) is 57.7 cm³/mol. The molecule has 0 aromatic rings. The first-order chi connectivity index (χ1) is 6.71. The summed E-state index contributed by atoms with van der Waals surface area (Å²) in [5.74, 6) is -0.681. The third-order valence-corrected chi connectivity index (χ3v) is 5.34. The first-order valence-corrected chi connectivity index (χ1v) is 8.29. The fraction of sp³-hybridized carbons (Fsp3) is 1.00. The monoisotopic (exact) mass is 256 g/mol. The second-order valence-electron chi connectivity index (χ2n) is 3.85. The molecule has 1 rings (SSSR count). The lowest BCUT2D eigenvalue weighted by atomic mass is 10.3. The molecule has 0 spiro atoms. The molecule has 90 valence electrons. The zero-order valence-electron chi connectivity index (χ0n) is 8.59. The van der Waals surface area contributed by atoms with Crippen LogP contribution in [0.5, 0.6) is 0 Å². The number of hydrogen-bond acceptors (Lipinski definition) is 5. The Hall–Kier alpha value is -0.180. The van der Waals surface area contributed by atoms with E-state index in [9.17, 15) is 16.8 Å². The Morgan fingerprint density at radius 3 is 2.27 bits per heavy atom. The van der Waals surface area contributed by atoms with E-state index < -0.39 is 19.9 Å². The smallest absolute Gasteiger partial charge is 0.215 e. The standard InChI is InChI=1S/C7H16N2O4S2/c1-14(10,11)4-5-15(12,13)9-3-2-7(8)6-9/h7H,2-6,8H2,1H3. The molecular weight excluding hydrogens is 240 g/mol. The lowest BCUT2D eigenvalue weighted by Gasteiger charge is -2.15. The van der Waals surface area contributed by atoms with E-state index in [1.807, 2.05) is 0 Å². The Balaban J connectivity index is 2.60. The van der Waals surface area contributed by atoms with Crippen molar-refractivity contribution in [1.82, 2.24) is 4.31 Å². The highest BCUT2D eigenvalue weighted by molar-refractivity contribution is 7.93. The Morgan fingerprint density at radius 2 is 1.87 bits per heavy atom. The van der Waals surface area contributed by atoms with Gasteiger partial charge in [-0.3, -0.25) is 0 Å². The average molecular weight is 256 g/mol. The van der Waals surface area contributed by atoms with E-state index in [0.29, 0.717) is 19.5 Å². The molecule has 0 radical (unpaired) electrons. The zero-order valence-corrected chi connectivity index (χ0v) is 10.2. The molecule has 6 nitrogen and oxygen atoms in total. The van der Waals surface area contributed by atoms with E-state index >= 15 is 0 Å². The first kappa shape index (κ1) is 12.9. The Kier molecular flexibility index (Phi) is 3.75. The van der Waals surface area contributed by atoms with Gasteiger partial charge in [-0.1, -0.05) is 0 Å². The van der Waals surface area contributed by atoms with Crippen LogP contribution in [0.15, 0.2) is 0 Å². The highest BCUT2D eigenvalue weighted by Gasteiger charge is 2.29. The van der Waals surface area contributed by atoms with Crippen molar-refractivity contribution in [3.8, 4) is 0 Å². The first-order valence-electron chi connectivity index (χ1n) is 4.62. The second-order valence-corrected chi connectivity index (χ2v) is 8.20. The molecule has 1 aliphatic rings. The largest absolute Gasteiger partial charge is 0.326 e. The fourth-order valence-corrected chi connectivity index (χ4v) is 4.51. The van der Waals surface area contributed by atoms with Gasteiger partial charge in [0.1, 0.15) is 9.84 Å². The molecule has 1 heterocycles. The Bertz CT molecular complexity index is 414. The molecule has 0 bridgehead atoms. The van der Waals surface area contributed by atoms with E-state index in [1.54, 1.807) is 0 Å². The van der Waals surface area contributed by atoms with Gasteiger partial charge >= 0.3 is 0 Å². The molecule has 0 aliphatic carbocycles. The minimum Gasteiger partial charge on any atom is -0.326 e. The summed E-state index contributed by atoms with van der Waals surface area (Å²) in [5, 5.41) is 0. The van der Waals surface area contributed by atoms with Gasteiger partial charge in [-0.2, -0.15) is 0 Å². The predicted octanol–water partition coefficient (Wildman–Crippen LogP) is -1.61. The van der Waals surface area contributed by atoms with Crippen LogP contribution in [0, 0.1) is 0 Å². The number of nitrogens with zero attached hydrogens (tertiary/aromatic N) is 1. The van der Waals surface area contributed by atoms with Crippen LogP contribution >= 0.6 is 0 Å². The molecule has 0 aromatic heterocycles. The van der Waals surface area contributed by atoms with Gasteiger partial charge in [-0.15, -0.1) is 0 Å². The van der Waals surface area contributed by atoms with Crippen molar-refractivity contribution in [3.05, 3.63) is 0 Å². The third-order valence-electron chi connectivity index (χ3n) is 2.29. The van der Waals surface area contributed by atoms with Crippen molar-refractivity contribution in [3.63, 3.8) is 0 Å². The topological polar surface area (TPSA) is 97.5 Å². The maximum Gasteiger partial charge on any atom is 0.215 e. The van der Waals surface area contributed by atoms with Crippen LogP contribution in [0.4, 0.5) is 0 Å². The molecule has 0 amide bonds. The van der Waals surface area contributed by atoms with Crippen molar-refractivity contribution < 1.29 is 16.8 Å². The normalized spacial score (nSPS) is 24.5. The molecule has 0 aromatic carbocycles. The summed E-state index contributed by atoms with van der Waals surface area (Å²) in [7, 11) is -6.69. The van der Waals surface area contributed by atoms with Crippen molar-refractivity contribution in [2.45, 2.75) is 12.5 Å². The van der Waals surface area contributed by atoms with Gasteiger partial charge in [0.05, 0.1) is 11.5 Å². The Labute approximate surface area is 90.4 Å². The van der Waals surface area contributed by atoms with Crippen LogP contribution in [-0.4, -0.2) is 58.0 Å². The molecule has 2 N–H and O–H groups in total. The van der Waals surface area contributed by atoms with E-state index in [1.165, 1.54) is 4.31 Å². The second kappa shape index (κ2) is 4.36. The van der Waals surface area contributed by atoms with Crippen LogP contribution in [-0.2, 0) is 19.9 Å². The highest BCUT2D eigenvalue weighted by Crippen LogP contribution is 2.12. The van der Waals surface area contributed by atoms with Crippen molar-refractivity contribution >= 4 is 19.9 Å². The maximum absolute atomic E-state index is 11.6. The van der Waals surface area contributed by atoms with Crippen LogP contribution in [0.2, 0.25) is 0 Å². The summed E-state index contributed by atoms with van der Waals surface area (Å²) < 4.78 is 46.2. The average Bonchev–Trinajstić information content (AvgIpc) is 2.48. The van der Waals surface area contributed by atoms with Crippen molar-refractivity contribution in [2.24, 2.45) is 5.73 Å². The number of hydrogen-bond donors (Lipinski definition) is 1. The molecule has 1 atom stereocenters. The molecule has 0 saturated carbocycles. The lowest BCUT2D eigenvalue weighted by Crippen LogP contribution is -2.35. The third kappa shape index (κ3) is 4.06. The summed E-state index contributed by atoms with van der Waals surface area (Å²) in [6, 6.07) is -0.127. The summed E-state index contributed by atoms with van der Waals surface area (Å²) in [6.07, 6.45) is 1.66. The quantitative estimate of drug-likeness (QED) is 0.653. The molecular formula is C7H16N2O4S2. The van der Waals surface area contributed by atoms with Gasteiger partial charge < -0.3 is 5.73 Å². The summed E-state index contributed by atoms with van der Waals surface area (Å²) in [6.45, 7) is 0.694. The Morgan fingerprint density at radius 1 is 1.27 bits per heavy atom. The van der Waals surface area contributed by atoms with E-state index in [0.717, 1.165) is 6.26 Å². The van der Waals surface area contributed by atoms with Crippen LogP contribution < -0.4 is 5.73 Å². The number of nitrogens with two attached hydrogens (primary N) is 1. The SMILES string of the molecule is CS(=O)(=O)CCS(=O)(=O)N1CCC(N)C1. The lowest BCUT2D eigenvalue weighted by molar-refractivity contribution is 0.473. The molecule has 1 unspecified atom stereocenters. The molecule has 8 heteroatoms. The van der Waals surface area contributed by atoms with Gasteiger partial charge in [-0.05, 0) is 6.42 Å². The molecule has 1 fully saturated rings. The number of sulfonamides is 1. The van der Waals surface area contributed by atoms with Gasteiger partial charge in [0.2, 0.25) is 10.0 Å². The molecule has 1 aliphatic heterocycles. The van der Waals surface area contributed by atoms with Crippen molar-refractivity contribution in [2.75, 3.05) is 30.9 Å². The van der Waals surface area contributed by atoms with Crippen LogP contribution in [0.3, 0.4) is 0 Å². The van der Waals surface area contributed by atoms with Gasteiger partial charge in [0.25, 0.3) is 0 Å². The summed E-state index contributed by atoms with van der Waals surface area (Å²) in [5.41, 5.74) is 5.58. The molecule has 15 heavy (non-hydrogen) atoms. The van der Waals surface area contributed by atoms with E-state index in [-0.39, 0.29) is 17.5 Å². The van der Waals surface area contributed by atoms with Gasteiger partial charge in [0, 0.05) is 25.4 Å². The zero-order chi connectivity index (χ0) is 11.7. The summed E-state index contributed by atoms with van der Waals surface area (Å²) in [4.78, 5) is 0. The minimum absolute atomic E-state index is 0.127. The highest BCUT2D eigenvalue weighted by atomic mass is 32.2. The van der Waals surface area contributed by atoms with Gasteiger partial charge in [0.15, 0.2) is 0 Å². The van der Waals surface area contributed by atoms with E-state index in [4.69, 9.17) is 5.73 Å². The maximum atomic E-state index is 11.6. The van der Waals surface area contributed by atoms with E-state index in [2.05, 4.69) is 0 Å². The van der Waals surface area contributed by atoms with Crippen LogP contribution in [0.25, 0.3) is 0 Å². The van der Waals surface area contributed by atoms with Crippen LogP contribution in [0.1, 0.15) is 6.42 Å². The number of rotatable bonds is 4. The van der Waals surface area contributed by atoms with Crippen molar-refractivity contribution in [1.29, 1.82) is 0 Å². The molecule has 1 saturated heterocycles. The fourth-order valence-electron chi connectivity index (χ4n) is 1.39. The summed E-state index contributed by atoms with van der Waals surface area (Å²) >= 11 is 0.